The summed E-state index contributed by atoms with van der Waals surface area (Å²) in [6.45, 7) is 5.71. The van der Waals surface area contributed by atoms with Crippen LogP contribution < -0.4 is 5.56 Å². The highest BCUT2D eigenvalue weighted by Gasteiger charge is 2.14. The SMILES string of the molecule is CCOC(=O)Cn1c(-c2ccc(C)c(C)c2)ccc(C#N)c1=O. The molecule has 0 unspecified atom stereocenters. The molecule has 0 bridgehead atoms. The molecule has 0 radical (unpaired) electrons. The Morgan fingerprint density at radius 2 is 1.96 bits per heavy atom. The third-order valence-corrected chi connectivity index (χ3v) is 3.69. The molecule has 0 aliphatic heterocycles. The van der Waals surface area contributed by atoms with Gasteiger partial charge in [-0.25, -0.2) is 0 Å². The largest absolute Gasteiger partial charge is 0.465 e. The van der Waals surface area contributed by atoms with Gasteiger partial charge in [0.2, 0.25) is 0 Å². The molecule has 1 aromatic carbocycles. The summed E-state index contributed by atoms with van der Waals surface area (Å²) in [5.41, 5.74) is 3.14. The molecule has 0 atom stereocenters. The lowest BCUT2D eigenvalue weighted by atomic mass is 10.0. The Bertz CT molecular complexity index is 844. The van der Waals surface area contributed by atoms with Crippen LogP contribution in [0.3, 0.4) is 0 Å². The van der Waals surface area contributed by atoms with Gasteiger partial charge in [0.25, 0.3) is 5.56 Å². The molecule has 118 valence electrons. The van der Waals surface area contributed by atoms with Crippen molar-refractivity contribution >= 4 is 5.97 Å². The lowest BCUT2D eigenvalue weighted by molar-refractivity contribution is -0.143. The summed E-state index contributed by atoms with van der Waals surface area (Å²) in [5, 5.41) is 9.04. The summed E-state index contributed by atoms with van der Waals surface area (Å²) in [5.74, 6) is -0.505. The van der Waals surface area contributed by atoms with E-state index >= 15 is 0 Å². The van der Waals surface area contributed by atoms with Gasteiger partial charge in [0.1, 0.15) is 18.2 Å². The van der Waals surface area contributed by atoms with Crippen LogP contribution in [0, 0.1) is 25.2 Å². The van der Waals surface area contributed by atoms with Crippen molar-refractivity contribution in [3.63, 3.8) is 0 Å². The molecule has 0 aliphatic rings. The van der Waals surface area contributed by atoms with Gasteiger partial charge >= 0.3 is 5.97 Å². The second-order valence-electron chi connectivity index (χ2n) is 5.24. The molecular formula is C18H18N2O3. The first-order valence-electron chi connectivity index (χ1n) is 7.35. The van der Waals surface area contributed by atoms with E-state index in [1.165, 1.54) is 10.6 Å². The lowest BCUT2D eigenvalue weighted by Crippen LogP contribution is -2.28. The zero-order valence-electron chi connectivity index (χ0n) is 13.4. The molecular weight excluding hydrogens is 292 g/mol. The number of pyridine rings is 1. The minimum Gasteiger partial charge on any atom is -0.465 e. The standard InChI is InChI=1S/C18H18N2O3/c1-4-23-17(21)11-20-16(8-7-15(10-19)18(20)22)14-6-5-12(2)13(3)9-14/h5-9H,4,11H2,1-3H3. The molecule has 0 fully saturated rings. The molecule has 2 aromatic rings. The summed E-state index contributed by atoms with van der Waals surface area (Å²) < 4.78 is 6.22. The average molecular weight is 310 g/mol. The van der Waals surface area contributed by atoms with Crippen LogP contribution in [0.2, 0.25) is 0 Å². The molecule has 0 spiro atoms. The molecule has 2 rings (SSSR count). The highest BCUT2D eigenvalue weighted by atomic mass is 16.5. The zero-order valence-corrected chi connectivity index (χ0v) is 13.4. The van der Waals surface area contributed by atoms with E-state index in [2.05, 4.69) is 0 Å². The van der Waals surface area contributed by atoms with Crippen LogP contribution in [-0.2, 0) is 16.1 Å². The van der Waals surface area contributed by atoms with E-state index in [1.54, 1.807) is 13.0 Å². The smallest absolute Gasteiger partial charge is 0.326 e. The number of aryl methyl sites for hydroxylation is 2. The fourth-order valence-electron chi connectivity index (χ4n) is 2.31. The van der Waals surface area contributed by atoms with Crippen LogP contribution in [0.15, 0.2) is 35.1 Å². The number of hydrogen-bond donors (Lipinski definition) is 0. The highest BCUT2D eigenvalue weighted by molar-refractivity contribution is 5.71. The van der Waals surface area contributed by atoms with E-state index in [9.17, 15) is 9.59 Å². The van der Waals surface area contributed by atoms with E-state index in [4.69, 9.17) is 10.00 Å². The molecule has 5 nitrogen and oxygen atoms in total. The van der Waals surface area contributed by atoms with Gasteiger partial charge in [0.05, 0.1) is 12.3 Å². The fourth-order valence-corrected chi connectivity index (χ4v) is 2.31. The first-order chi connectivity index (χ1) is 11.0. The number of carbonyl (C=O) groups is 1. The Balaban J connectivity index is 2.60. The van der Waals surface area contributed by atoms with E-state index in [0.29, 0.717) is 5.69 Å². The maximum absolute atomic E-state index is 12.4. The van der Waals surface area contributed by atoms with Crippen LogP contribution in [0.1, 0.15) is 23.6 Å². The molecule has 0 saturated carbocycles. The van der Waals surface area contributed by atoms with Crippen LogP contribution in [0.5, 0.6) is 0 Å². The van der Waals surface area contributed by atoms with Gasteiger partial charge in [0, 0.05) is 0 Å². The van der Waals surface area contributed by atoms with Crippen molar-refractivity contribution in [1.29, 1.82) is 5.26 Å². The highest BCUT2D eigenvalue weighted by Crippen LogP contribution is 2.21. The number of esters is 1. The van der Waals surface area contributed by atoms with Crippen LogP contribution in [0.4, 0.5) is 0 Å². The zero-order chi connectivity index (χ0) is 17.0. The number of ether oxygens (including phenoxy) is 1. The second kappa shape index (κ2) is 6.93. The quantitative estimate of drug-likeness (QED) is 0.814. The van der Waals surface area contributed by atoms with E-state index in [-0.39, 0.29) is 18.7 Å². The van der Waals surface area contributed by atoms with E-state index in [0.717, 1.165) is 16.7 Å². The fraction of sp³-hybridized carbons (Fsp3) is 0.278. The Morgan fingerprint density at radius 1 is 1.22 bits per heavy atom. The number of nitriles is 1. The van der Waals surface area contributed by atoms with Gasteiger partial charge in [-0.05, 0) is 55.7 Å². The Kier molecular flexibility index (Phi) is 4.97. The number of aromatic nitrogens is 1. The minimum atomic E-state index is -0.505. The summed E-state index contributed by atoms with van der Waals surface area (Å²) in [7, 11) is 0. The first-order valence-corrected chi connectivity index (χ1v) is 7.35. The maximum Gasteiger partial charge on any atom is 0.326 e. The van der Waals surface area contributed by atoms with Crippen molar-refractivity contribution in [2.75, 3.05) is 6.61 Å². The first kappa shape index (κ1) is 16.5. The Hall–Kier alpha value is -2.87. The minimum absolute atomic E-state index is 0.00174. The summed E-state index contributed by atoms with van der Waals surface area (Å²) >= 11 is 0. The van der Waals surface area contributed by atoms with Crippen molar-refractivity contribution in [2.24, 2.45) is 0 Å². The van der Waals surface area contributed by atoms with Gasteiger partial charge in [-0.3, -0.25) is 14.2 Å². The van der Waals surface area contributed by atoms with Gasteiger partial charge in [0.15, 0.2) is 0 Å². The molecule has 0 amide bonds. The Labute approximate surface area is 134 Å². The predicted molar refractivity (Wildman–Crippen MR) is 87.0 cm³/mol. The molecule has 5 heteroatoms. The number of benzene rings is 1. The monoisotopic (exact) mass is 310 g/mol. The number of carbonyl (C=O) groups excluding carboxylic acids is 1. The second-order valence-corrected chi connectivity index (χ2v) is 5.24. The summed E-state index contributed by atoms with van der Waals surface area (Å²) in [6, 6.07) is 10.8. The third-order valence-electron chi connectivity index (χ3n) is 3.69. The van der Waals surface area contributed by atoms with E-state index < -0.39 is 11.5 Å². The van der Waals surface area contributed by atoms with Crippen LogP contribution >= 0.6 is 0 Å². The summed E-state index contributed by atoms with van der Waals surface area (Å²) in [6.07, 6.45) is 0. The lowest BCUT2D eigenvalue weighted by Gasteiger charge is -2.14. The van der Waals surface area contributed by atoms with Gasteiger partial charge in [-0.2, -0.15) is 5.26 Å². The molecule has 1 heterocycles. The van der Waals surface area contributed by atoms with Gasteiger partial charge < -0.3 is 4.74 Å². The normalized spacial score (nSPS) is 10.2. The molecule has 23 heavy (non-hydrogen) atoms. The molecule has 0 aliphatic carbocycles. The average Bonchev–Trinajstić information content (AvgIpc) is 2.52. The van der Waals surface area contributed by atoms with Crippen molar-refractivity contribution in [3.8, 4) is 17.3 Å². The van der Waals surface area contributed by atoms with Crippen molar-refractivity contribution in [2.45, 2.75) is 27.3 Å². The molecule has 0 N–H and O–H groups in total. The maximum atomic E-state index is 12.4. The summed E-state index contributed by atoms with van der Waals surface area (Å²) in [4.78, 5) is 24.2. The van der Waals surface area contributed by atoms with Crippen molar-refractivity contribution in [3.05, 3.63) is 57.4 Å². The third kappa shape index (κ3) is 3.49. The number of rotatable bonds is 4. The number of nitrogens with zero attached hydrogens (tertiary/aromatic N) is 2. The van der Waals surface area contributed by atoms with Gasteiger partial charge in [-0.1, -0.05) is 12.1 Å². The molecule has 1 aromatic heterocycles. The predicted octanol–water partition coefficient (Wildman–Crippen LogP) is 2.57. The van der Waals surface area contributed by atoms with Crippen molar-refractivity contribution < 1.29 is 9.53 Å². The Morgan fingerprint density at radius 3 is 2.57 bits per heavy atom. The van der Waals surface area contributed by atoms with Gasteiger partial charge in [-0.15, -0.1) is 0 Å². The van der Waals surface area contributed by atoms with Crippen molar-refractivity contribution in [1.82, 2.24) is 4.57 Å². The van der Waals surface area contributed by atoms with Crippen LogP contribution in [-0.4, -0.2) is 17.1 Å². The number of hydrogen-bond acceptors (Lipinski definition) is 4. The van der Waals surface area contributed by atoms with E-state index in [1.807, 2.05) is 38.1 Å². The molecule has 0 saturated heterocycles. The topological polar surface area (TPSA) is 72.1 Å². The van der Waals surface area contributed by atoms with Crippen LogP contribution in [0.25, 0.3) is 11.3 Å².